The van der Waals surface area contributed by atoms with E-state index in [-0.39, 0.29) is 6.10 Å². The van der Waals surface area contributed by atoms with Gasteiger partial charge in [0.25, 0.3) is 5.89 Å². The minimum Gasteiger partial charge on any atom is -0.493 e. The number of thiophene rings is 1. The van der Waals surface area contributed by atoms with Crippen LogP contribution in [0, 0.1) is 0 Å². The van der Waals surface area contributed by atoms with E-state index in [4.69, 9.17) is 14.0 Å². The number of benzene rings is 2. The summed E-state index contributed by atoms with van der Waals surface area (Å²) in [6.45, 7) is 2.01. The number of nitrogens with zero attached hydrogens (tertiary/aromatic N) is 2. The number of aromatic nitrogens is 2. The zero-order valence-corrected chi connectivity index (χ0v) is 15.8. The standard InChI is InChI=1S/C21H18N2O3S/c1-14(15-7-4-3-5-8-15)25-17-11-10-16(13-18(17)24-2)20-22-21(26-23-20)19-9-6-12-27-19/h3-14H,1-2H3. The molecule has 0 aliphatic heterocycles. The van der Waals surface area contributed by atoms with Crippen LogP contribution in [-0.2, 0) is 0 Å². The molecule has 6 heteroatoms. The Morgan fingerprint density at radius 3 is 2.59 bits per heavy atom. The average molecular weight is 378 g/mol. The molecule has 2 heterocycles. The first-order chi connectivity index (χ1) is 13.2. The largest absolute Gasteiger partial charge is 0.493 e. The molecule has 1 atom stereocenters. The van der Waals surface area contributed by atoms with Crippen molar-refractivity contribution < 1.29 is 14.0 Å². The number of hydrogen-bond acceptors (Lipinski definition) is 6. The molecule has 0 spiro atoms. The van der Waals surface area contributed by atoms with Gasteiger partial charge in [-0.2, -0.15) is 4.98 Å². The molecule has 2 aromatic carbocycles. The van der Waals surface area contributed by atoms with E-state index < -0.39 is 0 Å². The second kappa shape index (κ2) is 7.63. The fraction of sp³-hybridized carbons (Fsp3) is 0.143. The summed E-state index contributed by atoms with van der Waals surface area (Å²) in [5.41, 5.74) is 1.90. The molecule has 4 rings (SSSR count). The first-order valence-electron chi connectivity index (χ1n) is 8.52. The lowest BCUT2D eigenvalue weighted by Crippen LogP contribution is -2.04. The van der Waals surface area contributed by atoms with Crippen LogP contribution >= 0.6 is 11.3 Å². The van der Waals surface area contributed by atoms with Gasteiger partial charge >= 0.3 is 0 Å². The van der Waals surface area contributed by atoms with Crippen LogP contribution in [0.3, 0.4) is 0 Å². The molecule has 27 heavy (non-hydrogen) atoms. The Hall–Kier alpha value is -3.12. The summed E-state index contributed by atoms with van der Waals surface area (Å²) in [7, 11) is 1.62. The minimum atomic E-state index is -0.0958. The maximum absolute atomic E-state index is 6.09. The third-order valence-corrected chi connectivity index (χ3v) is 5.01. The Morgan fingerprint density at radius 1 is 1.00 bits per heavy atom. The lowest BCUT2D eigenvalue weighted by atomic mass is 10.1. The normalized spacial score (nSPS) is 11.9. The summed E-state index contributed by atoms with van der Waals surface area (Å²) in [6.07, 6.45) is -0.0958. The van der Waals surface area contributed by atoms with E-state index in [0.29, 0.717) is 23.2 Å². The van der Waals surface area contributed by atoms with E-state index in [1.807, 2.05) is 73.0 Å². The van der Waals surface area contributed by atoms with Crippen molar-refractivity contribution in [3.63, 3.8) is 0 Å². The molecule has 0 radical (unpaired) electrons. The van der Waals surface area contributed by atoms with Crippen molar-refractivity contribution in [3.05, 3.63) is 71.6 Å². The van der Waals surface area contributed by atoms with Crippen molar-refractivity contribution in [3.8, 4) is 33.7 Å². The van der Waals surface area contributed by atoms with Gasteiger partial charge in [0.2, 0.25) is 5.82 Å². The maximum atomic E-state index is 6.09. The van der Waals surface area contributed by atoms with E-state index in [1.165, 1.54) is 0 Å². The molecule has 0 amide bonds. The van der Waals surface area contributed by atoms with E-state index in [0.717, 1.165) is 16.0 Å². The molecule has 0 N–H and O–H groups in total. The fourth-order valence-corrected chi connectivity index (χ4v) is 3.37. The Balaban J connectivity index is 1.58. The summed E-state index contributed by atoms with van der Waals surface area (Å²) in [5, 5.41) is 6.05. The van der Waals surface area contributed by atoms with Crippen LogP contribution in [0.15, 0.2) is 70.6 Å². The van der Waals surface area contributed by atoms with Crippen molar-refractivity contribution in [1.82, 2.24) is 10.1 Å². The van der Waals surface area contributed by atoms with Gasteiger partial charge in [-0.1, -0.05) is 41.6 Å². The van der Waals surface area contributed by atoms with Crippen molar-refractivity contribution >= 4 is 11.3 Å². The molecule has 0 aliphatic rings. The Labute approximate surface area is 161 Å². The highest BCUT2D eigenvalue weighted by Crippen LogP contribution is 2.35. The highest BCUT2D eigenvalue weighted by Gasteiger charge is 2.16. The van der Waals surface area contributed by atoms with Crippen molar-refractivity contribution in [2.24, 2.45) is 0 Å². The van der Waals surface area contributed by atoms with Gasteiger partial charge in [0, 0.05) is 5.56 Å². The highest BCUT2D eigenvalue weighted by atomic mass is 32.1. The zero-order valence-electron chi connectivity index (χ0n) is 15.0. The Kier molecular flexibility index (Phi) is 4.89. The smallest absolute Gasteiger partial charge is 0.268 e. The van der Waals surface area contributed by atoms with Crippen LogP contribution in [0.25, 0.3) is 22.2 Å². The van der Waals surface area contributed by atoms with Crippen LogP contribution in [-0.4, -0.2) is 17.3 Å². The Morgan fingerprint density at radius 2 is 1.85 bits per heavy atom. The van der Waals surface area contributed by atoms with E-state index in [2.05, 4.69) is 10.1 Å². The fourth-order valence-electron chi connectivity index (χ4n) is 2.73. The summed E-state index contributed by atoms with van der Waals surface area (Å²) in [5.74, 6) is 2.31. The average Bonchev–Trinajstić information content (AvgIpc) is 3.40. The van der Waals surface area contributed by atoms with Crippen molar-refractivity contribution in [2.45, 2.75) is 13.0 Å². The van der Waals surface area contributed by atoms with Crippen LogP contribution in [0.5, 0.6) is 11.5 Å². The molecular formula is C21H18N2O3S. The molecule has 136 valence electrons. The second-order valence-electron chi connectivity index (χ2n) is 5.94. The van der Waals surface area contributed by atoms with Gasteiger partial charge in [0.1, 0.15) is 6.10 Å². The van der Waals surface area contributed by atoms with Gasteiger partial charge in [-0.05, 0) is 42.1 Å². The lowest BCUT2D eigenvalue weighted by molar-refractivity contribution is 0.216. The third kappa shape index (κ3) is 3.71. The van der Waals surface area contributed by atoms with Gasteiger partial charge in [-0.15, -0.1) is 11.3 Å². The summed E-state index contributed by atoms with van der Waals surface area (Å²) < 4.78 is 17.0. The van der Waals surface area contributed by atoms with E-state index in [9.17, 15) is 0 Å². The third-order valence-electron chi connectivity index (χ3n) is 4.15. The van der Waals surface area contributed by atoms with Crippen LogP contribution in [0.4, 0.5) is 0 Å². The minimum absolute atomic E-state index is 0.0958. The molecule has 0 saturated carbocycles. The molecule has 2 aromatic heterocycles. The van der Waals surface area contributed by atoms with E-state index >= 15 is 0 Å². The summed E-state index contributed by atoms with van der Waals surface area (Å²) in [4.78, 5) is 5.41. The predicted octanol–water partition coefficient (Wildman–Crippen LogP) is 5.61. The van der Waals surface area contributed by atoms with Gasteiger partial charge in [0.15, 0.2) is 11.5 Å². The van der Waals surface area contributed by atoms with Gasteiger partial charge < -0.3 is 14.0 Å². The molecule has 0 aliphatic carbocycles. The Bertz CT molecular complexity index is 1010. The monoisotopic (exact) mass is 378 g/mol. The first kappa shape index (κ1) is 17.3. The number of hydrogen-bond donors (Lipinski definition) is 0. The van der Waals surface area contributed by atoms with Gasteiger partial charge in [-0.3, -0.25) is 0 Å². The van der Waals surface area contributed by atoms with Crippen LogP contribution < -0.4 is 9.47 Å². The van der Waals surface area contributed by atoms with Crippen molar-refractivity contribution in [2.75, 3.05) is 7.11 Å². The first-order valence-corrected chi connectivity index (χ1v) is 9.40. The molecule has 5 nitrogen and oxygen atoms in total. The van der Waals surface area contributed by atoms with Crippen LogP contribution in [0.1, 0.15) is 18.6 Å². The molecule has 0 bridgehead atoms. The molecule has 4 aromatic rings. The lowest BCUT2D eigenvalue weighted by Gasteiger charge is -2.17. The molecule has 0 fully saturated rings. The number of ether oxygens (including phenoxy) is 2. The maximum Gasteiger partial charge on any atom is 0.268 e. The number of methoxy groups -OCH3 is 1. The zero-order chi connectivity index (χ0) is 18.6. The number of rotatable bonds is 6. The van der Waals surface area contributed by atoms with Crippen LogP contribution in [0.2, 0.25) is 0 Å². The SMILES string of the molecule is COc1cc(-c2noc(-c3cccs3)n2)ccc1OC(C)c1ccccc1. The van der Waals surface area contributed by atoms with Crippen molar-refractivity contribution in [1.29, 1.82) is 0 Å². The van der Waals surface area contributed by atoms with Gasteiger partial charge in [0.05, 0.1) is 12.0 Å². The quantitative estimate of drug-likeness (QED) is 0.436. The summed E-state index contributed by atoms with van der Waals surface area (Å²) >= 11 is 1.56. The second-order valence-corrected chi connectivity index (χ2v) is 6.88. The predicted molar refractivity (Wildman–Crippen MR) is 105 cm³/mol. The molecule has 0 saturated heterocycles. The van der Waals surface area contributed by atoms with Gasteiger partial charge in [-0.25, -0.2) is 0 Å². The van der Waals surface area contributed by atoms with E-state index in [1.54, 1.807) is 18.4 Å². The topological polar surface area (TPSA) is 57.4 Å². The molecule has 1 unspecified atom stereocenters. The summed E-state index contributed by atoms with van der Waals surface area (Å²) in [6, 6.07) is 19.6. The highest BCUT2D eigenvalue weighted by molar-refractivity contribution is 7.13. The molecular weight excluding hydrogens is 360 g/mol.